The maximum absolute atomic E-state index is 6.11. The standard InChI is InChI=1S/C27H28O2S2/c1-28-26-14-5-3-4-6-15(14)27(29-2)25-23-17-9-16(22(23)24(25)26)20-12-7-8-13(21(17)20)19-11-31-30-10-18(12)19/h3-8,12-13,16-23H,9-11H2,1-2H3/t12?,13?,16?,17?,18-,19+,20?,21?,22?,23?. The van der Waals surface area contributed by atoms with Gasteiger partial charge in [0.15, 0.2) is 0 Å². The summed E-state index contributed by atoms with van der Waals surface area (Å²) in [5, 5.41) is 2.45. The van der Waals surface area contributed by atoms with E-state index in [9.17, 15) is 0 Å². The van der Waals surface area contributed by atoms with E-state index in [-0.39, 0.29) is 0 Å². The molecule has 160 valence electrons. The Hall–Kier alpha value is -1.26. The third-order valence-corrected chi connectivity index (χ3v) is 12.7. The van der Waals surface area contributed by atoms with Crippen LogP contribution in [0.3, 0.4) is 0 Å². The van der Waals surface area contributed by atoms with Crippen molar-refractivity contribution in [1.82, 2.24) is 0 Å². The zero-order valence-corrected chi connectivity index (χ0v) is 19.6. The summed E-state index contributed by atoms with van der Waals surface area (Å²) < 4.78 is 12.2. The van der Waals surface area contributed by atoms with Gasteiger partial charge in [0.2, 0.25) is 0 Å². The molecule has 2 aromatic carbocycles. The van der Waals surface area contributed by atoms with Crippen molar-refractivity contribution in [1.29, 1.82) is 0 Å². The van der Waals surface area contributed by atoms with Crippen molar-refractivity contribution in [3.8, 4) is 11.5 Å². The van der Waals surface area contributed by atoms with Crippen LogP contribution in [0.2, 0.25) is 0 Å². The van der Waals surface area contributed by atoms with Gasteiger partial charge in [-0.3, -0.25) is 0 Å². The Labute approximate surface area is 191 Å². The van der Waals surface area contributed by atoms with Gasteiger partial charge in [-0.05, 0) is 65.6 Å². The van der Waals surface area contributed by atoms with Crippen LogP contribution < -0.4 is 9.47 Å². The molecule has 0 spiro atoms. The van der Waals surface area contributed by atoms with E-state index in [1.54, 1.807) is 0 Å². The lowest BCUT2D eigenvalue weighted by molar-refractivity contribution is -0.0259. The second-order valence-corrected chi connectivity index (χ2v) is 13.2. The molecule has 8 unspecified atom stereocenters. The number of methoxy groups -OCH3 is 2. The van der Waals surface area contributed by atoms with Gasteiger partial charge in [0.25, 0.3) is 0 Å². The summed E-state index contributed by atoms with van der Waals surface area (Å²) in [7, 11) is 8.01. The van der Waals surface area contributed by atoms with Gasteiger partial charge in [0.05, 0.1) is 14.2 Å². The summed E-state index contributed by atoms with van der Waals surface area (Å²) in [6.07, 6.45) is 6.75. The minimum atomic E-state index is 0.687. The zero-order chi connectivity index (χ0) is 20.4. The molecular formula is C27H28O2S2. The molecule has 3 saturated carbocycles. The third-order valence-electron chi connectivity index (χ3n) is 10.1. The minimum absolute atomic E-state index is 0.687. The van der Waals surface area contributed by atoms with Gasteiger partial charge in [-0.25, -0.2) is 0 Å². The molecule has 7 aliphatic rings. The molecule has 4 fully saturated rings. The topological polar surface area (TPSA) is 18.5 Å². The third kappa shape index (κ3) is 1.99. The summed E-state index contributed by atoms with van der Waals surface area (Å²) in [4.78, 5) is 0. The molecule has 1 aliphatic heterocycles. The number of fused-ring (bicyclic) bond motifs is 9. The van der Waals surface area contributed by atoms with Crippen LogP contribution in [-0.2, 0) is 0 Å². The van der Waals surface area contributed by atoms with E-state index in [0.717, 1.165) is 58.8 Å². The number of rotatable bonds is 2. The second kappa shape index (κ2) is 6.20. The normalized spacial score (nSPS) is 45.0. The second-order valence-electron chi connectivity index (χ2n) is 10.6. The van der Waals surface area contributed by atoms with Gasteiger partial charge in [-0.15, -0.1) is 0 Å². The van der Waals surface area contributed by atoms with Crippen molar-refractivity contribution < 1.29 is 9.47 Å². The molecule has 2 nitrogen and oxygen atoms in total. The van der Waals surface area contributed by atoms with Crippen LogP contribution >= 0.6 is 21.6 Å². The first-order valence-electron chi connectivity index (χ1n) is 11.9. The van der Waals surface area contributed by atoms with E-state index in [0.29, 0.717) is 11.8 Å². The van der Waals surface area contributed by atoms with Crippen molar-refractivity contribution in [3.63, 3.8) is 0 Å². The minimum Gasteiger partial charge on any atom is -0.496 e. The van der Waals surface area contributed by atoms with Crippen LogP contribution in [0.25, 0.3) is 10.8 Å². The number of ether oxygens (including phenoxy) is 2. The van der Waals surface area contributed by atoms with E-state index in [1.165, 1.54) is 39.8 Å². The molecule has 1 saturated heterocycles. The first kappa shape index (κ1) is 18.2. The Morgan fingerprint density at radius 2 is 1.19 bits per heavy atom. The largest absolute Gasteiger partial charge is 0.496 e. The van der Waals surface area contributed by atoms with Gasteiger partial charge in [-0.1, -0.05) is 58.0 Å². The van der Waals surface area contributed by atoms with E-state index in [1.807, 2.05) is 14.2 Å². The molecule has 10 atom stereocenters. The molecule has 4 heteroatoms. The number of benzene rings is 2. The Morgan fingerprint density at radius 3 is 1.65 bits per heavy atom. The van der Waals surface area contributed by atoms with Crippen molar-refractivity contribution >= 4 is 32.4 Å². The highest BCUT2D eigenvalue weighted by atomic mass is 33.1. The maximum atomic E-state index is 6.11. The van der Waals surface area contributed by atoms with Gasteiger partial charge < -0.3 is 9.47 Å². The Bertz CT molecular complexity index is 1060. The summed E-state index contributed by atoms with van der Waals surface area (Å²) >= 11 is 0. The Morgan fingerprint density at radius 1 is 0.710 bits per heavy atom. The molecule has 0 amide bonds. The van der Waals surface area contributed by atoms with Crippen LogP contribution in [0.1, 0.15) is 29.4 Å². The van der Waals surface area contributed by atoms with Crippen LogP contribution in [0, 0.1) is 47.3 Å². The first-order valence-corrected chi connectivity index (χ1v) is 14.4. The monoisotopic (exact) mass is 448 g/mol. The lowest BCUT2D eigenvalue weighted by Gasteiger charge is -2.61. The van der Waals surface area contributed by atoms with Crippen LogP contribution in [0.4, 0.5) is 0 Å². The number of allylic oxidation sites excluding steroid dienone is 2. The highest BCUT2D eigenvalue weighted by Gasteiger charge is 2.70. The van der Waals surface area contributed by atoms with E-state index in [2.05, 4.69) is 58.0 Å². The van der Waals surface area contributed by atoms with Crippen molar-refractivity contribution in [2.45, 2.75) is 18.3 Å². The average molecular weight is 449 g/mol. The highest BCUT2D eigenvalue weighted by molar-refractivity contribution is 8.76. The molecule has 4 bridgehead atoms. The molecule has 0 radical (unpaired) electrons. The van der Waals surface area contributed by atoms with Crippen molar-refractivity contribution in [3.05, 3.63) is 47.5 Å². The molecule has 9 rings (SSSR count). The molecular weight excluding hydrogens is 420 g/mol. The van der Waals surface area contributed by atoms with Crippen molar-refractivity contribution in [2.24, 2.45) is 47.3 Å². The average Bonchev–Trinajstić information content (AvgIpc) is 3.35. The molecule has 1 heterocycles. The number of hydrogen-bond acceptors (Lipinski definition) is 4. The van der Waals surface area contributed by atoms with Gasteiger partial charge in [0.1, 0.15) is 11.5 Å². The summed E-state index contributed by atoms with van der Waals surface area (Å²) in [6.45, 7) is 0. The fraction of sp³-hybridized carbons (Fsp3) is 0.556. The number of hydrogen-bond donors (Lipinski definition) is 0. The van der Waals surface area contributed by atoms with Gasteiger partial charge in [0, 0.05) is 33.4 Å². The van der Waals surface area contributed by atoms with Crippen molar-refractivity contribution in [2.75, 3.05) is 25.7 Å². The van der Waals surface area contributed by atoms with E-state index >= 15 is 0 Å². The van der Waals surface area contributed by atoms with Crippen LogP contribution in [-0.4, -0.2) is 25.7 Å². The quantitative estimate of drug-likeness (QED) is 0.393. The van der Waals surface area contributed by atoms with Crippen LogP contribution in [0.15, 0.2) is 36.4 Å². The maximum Gasteiger partial charge on any atom is 0.130 e. The Kier molecular flexibility index (Phi) is 3.64. The molecule has 0 N–H and O–H groups in total. The van der Waals surface area contributed by atoms with E-state index in [4.69, 9.17) is 9.47 Å². The van der Waals surface area contributed by atoms with Crippen LogP contribution in [0.5, 0.6) is 11.5 Å². The molecule has 0 aromatic heterocycles. The lowest BCUT2D eigenvalue weighted by atomic mass is 9.45. The van der Waals surface area contributed by atoms with Gasteiger partial charge >= 0.3 is 0 Å². The fourth-order valence-electron chi connectivity index (χ4n) is 9.46. The molecule has 6 aliphatic carbocycles. The van der Waals surface area contributed by atoms with E-state index < -0.39 is 0 Å². The predicted molar refractivity (Wildman–Crippen MR) is 129 cm³/mol. The van der Waals surface area contributed by atoms with Gasteiger partial charge in [-0.2, -0.15) is 0 Å². The molecule has 2 aromatic rings. The predicted octanol–water partition coefficient (Wildman–Crippen LogP) is 6.36. The SMILES string of the molecule is COc1c2c(c(OC)c3ccccc13)C1C3CC(C21)C1C3C2C=CC1[C@H]1CSSC[C@@H]21. The fourth-order valence-corrected chi connectivity index (χ4v) is 12.4. The Balaban J connectivity index is 1.31. The summed E-state index contributed by atoms with van der Waals surface area (Å²) in [5.41, 5.74) is 3.01. The zero-order valence-electron chi connectivity index (χ0n) is 18.0. The summed E-state index contributed by atoms with van der Waals surface area (Å²) in [6, 6.07) is 8.70. The smallest absolute Gasteiger partial charge is 0.130 e. The summed E-state index contributed by atoms with van der Waals surface area (Å²) in [5.74, 6) is 13.4. The first-order chi connectivity index (χ1) is 15.3. The highest BCUT2D eigenvalue weighted by Crippen LogP contribution is 2.79. The lowest BCUT2D eigenvalue weighted by Crippen LogP contribution is -2.55. The molecule has 31 heavy (non-hydrogen) atoms.